The normalized spacial score (nSPS) is 20.6. The van der Waals surface area contributed by atoms with Crippen molar-refractivity contribution in [1.82, 2.24) is 0 Å². The molecule has 2 rings (SSSR count). The number of hydrogen-bond donors (Lipinski definition) is 0. The highest BCUT2D eigenvalue weighted by molar-refractivity contribution is 6.84. The third-order valence-corrected chi connectivity index (χ3v) is 13.1. The number of terminal acetylenes is 1. The average Bonchev–Trinajstić information content (AvgIpc) is 2.74. The Kier molecular flexibility index (Phi) is 6.83. The summed E-state index contributed by atoms with van der Waals surface area (Å²) in [6.07, 6.45) is 6.74. The average molecular weight is 431 g/mol. The lowest BCUT2D eigenvalue weighted by Crippen LogP contribution is -2.43. The van der Waals surface area contributed by atoms with Crippen molar-refractivity contribution in [3.63, 3.8) is 0 Å². The predicted octanol–water partition coefficient (Wildman–Crippen LogP) is 6.65. The Balaban J connectivity index is 2.81. The predicted molar refractivity (Wildman–Crippen MR) is 128 cm³/mol. The lowest BCUT2D eigenvalue weighted by Gasteiger charge is -2.41. The van der Waals surface area contributed by atoms with Crippen LogP contribution in [0.15, 0.2) is 23.4 Å². The summed E-state index contributed by atoms with van der Waals surface area (Å²) < 4.78 is 18.8. The van der Waals surface area contributed by atoms with Crippen LogP contribution in [0.3, 0.4) is 0 Å². The summed E-state index contributed by atoms with van der Waals surface area (Å²) in [5, 5.41) is 1.44. The second-order valence-corrected chi connectivity index (χ2v) is 20.3. The van der Waals surface area contributed by atoms with E-state index in [4.69, 9.17) is 20.3 Å². The van der Waals surface area contributed by atoms with Crippen molar-refractivity contribution in [1.29, 1.82) is 0 Å². The first kappa shape index (κ1) is 23.8. The molecular formula is C24H38O3Si2. The lowest BCUT2D eigenvalue weighted by molar-refractivity contribution is 0.144. The number of rotatable bonds is 5. The van der Waals surface area contributed by atoms with Gasteiger partial charge in [0.15, 0.2) is 8.32 Å². The Morgan fingerprint density at radius 1 is 1.03 bits per heavy atom. The summed E-state index contributed by atoms with van der Waals surface area (Å²) in [5.74, 6) is 4.79. The molecule has 2 atom stereocenters. The first-order chi connectivity index (χ1) is 13.3. The molecule has 0 amide bonds. The molecule has 0 fully saturated rings. The standard InChI is InChI=1S/C24H38O3Si2/c1-12-17-16-20(28(7,8)9)23(26-6)21-18(14-13-15-19(21)25-5)22(17)27-29(10,11)24(2,3)4/h1,13-15,17,22H,16H2,2-11H3. The van der Waals surface area contributed by atoms with Crippen LogP contribution in [-0.2, 0) is 9.16 Å². The first-order valence-corrected chi connectivity index (χ1v) is 16.8. The van der Waals surface area contributed by atoms with Gasteiger partial charge in [0.05, 0.1) is 39.9 Å². The van der Waals surface area contributed by atoms with Crippen molar-refractivity contribution in [2.24, 2.45) is 5.92 Å². The third-order valence-electron chi connectivity index (χ3n) is 6.43. The zero-order valence-corrected chi connectivity index (χ0v) is 21.9. The summed E-state index contributed by atoms with van der Waals surface area (Å²) in [6.45, 7) is 18.4. The molecule has 5 heteroatoms. The van der Waals surface area contributed by atoms with Crippen LogP contribution in [0.25, 0.3) is 5.76 Å². The molecule has 0 saturated carbocycles. The molecule has 0 bridgehead atoms. The van der Waals surface area contributed by atoms with E-state index in [1.54, 1.807) is 14.2 Å². The van der Waals surface area contributed by atoms with E-state index < -0.39 is 16.4 Å². The lowest BCUT2D eigenvalue weighted by atomic mass is 9.93. The van der Waals surface area contributed by atoms with Gasteiger partial charge in [0.25, 0.3) is 0 Å². The van der Waals surface area contributed by atoms with Crippen LogP contribution in [0, 0.1) is 18.3 Å². The van der Waals surface area contributed by atoms with Crippen LogP contribution in [0.1, 0.15) is 44.4 Å². The van der Waals surface area contributed by atoms with Crippen LogP contribution in [0.4, 0.5) is 0 Å². The quantitative estimate of drug-likeness (QED) is 0.387. The number of hydrogen-bond acceptors (Lipinski definition) is 3. The Hall–Kier alpha value is -1.49. The molecule has 0 radical (unpaired) electrons. The SMILES string of the molecule is C#CC1CC([Si](C)(C)C)=C(OC)c2c(OC)cccc2C1O[Si](C)(C)C(C)(C)C. The number of fused-ring (bicyclic) bond motifs is 1. The number of methoxy groups -OCH3 is 2. The van der Waals surface area contributed by atoms with Crippen LogP contribution in [-0.4, -0.2) is 30.6 Å². The molecule has 1 aromatic rings. The van der Waals surface area contributed by atoms with Gasteiger partial charge in [-0.05, 0) is 41.4 Å². The van der Waals surface area contributed by atoms with E-state index in [-0.39, 0.29) is 17.1 Å². The van der Waals surface area contributed by atoms with Crippen molar-refractivity contribution in [3.05, 3.63) is 34.5 Å². The summed E-state index contributed by atoms with van der Waals surface area (Å²) in [7, 11) is -0.286. The maximum atomic E-state index is 6.98. The fraction of sp³-hybridized carbons (Fsp3) is 0.583. The van der Waals surface area contributed by atoms with Crippen molar-refractivity contribution in [3.8, 4) is 18.1 Å². The fourth-order valence-corrected chi connectivity index (χ4v) is 6.66. The van der Waals surface area contributed by atoms with Crippen molar-refractivity contribution in [2.75, 3.05) is 14.2 Å². The topological polar surface area (TPSA) is 27.7 Å². The zero-order valence-electron chi connectivity index (χ0n) is 19.9. The minimum atomic E-state index is -2.05. The number of ether oxygens (including phenoxy) is 2. The highest BCUT2D eigenvalue weighted by Crippen LogP contribution is 2.49. The molecule has 29 heavy (non-hydrogen) atoms. The highest BCUT2D eigenvalue weighted by atomic mass is 28.4. The highest BCUT2D eigenvalue weighted by Gasteiger charge is 2.44. The van der Waals surface area contributed by atoms with Gasteiger partial charge in [-0.3, -0.25) is 0 Å². The molecular weight excluding hydrogens is 392 g/mol. The molecule has 1 aliphatic rings. The number of allylic oxidation sites excluding steroid dienone is 1. The second kappa shape index (κ2) is 8.33. The van der Waals surface area contributed by atoms with E-state index in [9.17, 15) is 0 Å². The largest absolute Gasteiger partial charge is 0.496 e. The molecule has 0 saturated heterocycles. The Bertz CT molecular complexity index is 820. The smallest absolute Gasteiger partial charge is 0.192 e. The Morgan fingerprint density at radius 2 is 1.66 bits per heavy atom. The van der Waals surface area contributed by atoms with Gasteiger partial charge in [0, 0.05) is 0 Å². The second-order valence-electron chi connectivity index (χ2n) is 10.5. The van der Waals surface area contributed by atoms with Gasteiger partial charge >= 0.3 is 0 Å². The first-order valence-electron chi connectivity index (χ1n) is 10.4. The van der Waals surface area contributed by atoms with Crippen LogP contribution in [0.2, 0.25) is 37.8 Å². The van der Waals surface area contributed by atoms with E-state index in [0.29, 0.717) is 0 Å². The maximum absolute atomic E-state index is 6.98. The van der Waals surface area contributed by atoms with E-state index >= 15 is 0 Å². The zero-order chi connectivity index (χ0) is 22.2. The summed E-state index contributed by atoms with van der Waals surface area (Å²) >= 11 is 0. The summed E-state index contributed by atoms with van der Waals surface area (Å²) in [5.41, 5.74) is 2.10. The minimum absolute atomic E-state index is 0.0376. The van der Waals surface area contributed by atoms with Crippen LogP contribution in [0.5, 0.6) is 5.75 Å². The van der Waals surface area contributed by atoms with Gasteiger partial charge in [-0.2, -0.15) is 0 Å². The molecule has 2 unspecified atom stereocenters. The molecule has 0 heterocycles. The Morgan fingerprint density at radius 3 is 2.10 bits per heavy atom. The third kappa shape index (κ3) is 4.65. The molecule has 0 aliphatic heterocycles. The van der Waals surface area contributed by atoms with Crippen molar-refractivity contribution >= 4 is 22.2 Å². The van der Waals surface area contributed by atoms with Gasteiger partial charge in [-0.15, -0.1) is 6.42 Å². The van der Waals surface area contributed by atoms with E-state index in [1.807, 2.05) is 12.1 Å². The molecule has 1 aromatic carbocycles. The van der Waals surface area contributed by atoms with Gasteiger partial charge in [0.1, 0.15) is 11.5 Å². The monoisotopic (exact) mass is 430 g/mol. The van der Waals surface area contributed by atoms with Crippen LogP contribution >= 0.6 is 0 Å². The molecule has 1 aliphatic carbocycles. The molecule has 0 spiro atoms. The minimum Gasteiger partial charge on any atom is -0.496 e. The van der Waals surface area contributed by atoms with Gasteiger partial charge < -0.3 is 13.9 Å². The Labute approximate surface area is 180 Å². The maximum Gasteiger partial charge on any atom is 0.192 e. The van der Waals surface area contributed by atoms with Gasteiger partial charge in [-0.1, -0.05) is 58.5 Å². The molecule has 3 nitrogen and oxygen atoms in total. The van der Waals surface area contributed by atoms with E-state index in [2.05, 4.69) is 65.5 Å². The molecule has 0 aromatic heterocycles. The van der Waals surface area contributed by atoms with Crippen molar-refractivity contribution in [2.45, 2.75) is 71.1 Å². The van der Waals surface area contributed by atoms with Crippen LogP contribution < -0.4 is 4.74 Å². The van der Waals surface area contributed by atoms with Crippen molar-refractivity contribution < 1.29 is 13.9 Å². The number of benzene rings is 1. The van der Waals surface area contributed by atoms with E-state index in [0.717, 1.165) is 29.1 Å². The summed E-state index contributed by atoms with van der Waals surface area (Å²) in [4.78, 5) is 0. The molecule has 0 N–H and O–H groups in total. The van der Waals surface area contributed by atoms with E-state index in [1.165, 1.54) is 5.20 Å². The molecule has 160 valence electrons. The summed E-state index contributed by atoms with van der Waals surface area (Å²) in [6, 6.07) is 6.16. The van der Waals surface area contributed by atoms with Gasteiger partial charge in [-0.25, -0.2) is 0 Å². The fourth-order valence-electron chi connectivity index (χ4n) is 3.64. The van der Waals surface area contributed by atoms with Gasteiger partial charge in [0.2, 0.25) is 0 Å².